The van der Waals surface area contributed by atoms with Crippen molar-refractivity contribution in [1.82, 2.24) is 4.31 Å². The molecule has 5 heteroatoms. The SMILES string of the molecule is O=S(=O)(Cc1ccccc1)N1CC2CCC(O)C2C1. The molecule has 1 aliphatic carbocycles. The quantitative estimate of drug-likeness (QED) is 0.906. The molecule has 3 rings (SSSR count). The minimum atomic E-state index is -3.26. The zero-order chi connectivity index (χ0) is 13.5. The van der Waals surface area contributed by atoms with Gasteiger partial charge in [0.2, 0.25) is 10.0 Å². The summed E-state index contributed by atoms with van der Waals surface area (Å²) in [6.45, 7) is 1.07. The van der Waals surface area contributed by atoms with Gasteiger partial charge in [-0.3, -0.25) is 0 Å². The number of nitrogens with zero attached hydrogens (tertiary/aromatic N) is 1. The summed E-state index contributed by atoms with van der Waals surface area (Å²) in [5.74, 6) is 0.551. The zero-order valence-electron chi connectivity index (χ0n) is 10.8. The summed E-state index contributed by atoms with van der Waals surface area (Å²) in [6.07, 6.45) is 1.45. The topological polar surface area (TPSA) is 57.6 Å². The normalized spacial score (nSPS) is 31.5. The van der Waals surface area contributed by atoms with Crippen LogP contribution in [-0.4, -0.2) is 37.0 Å². The average Bonchev–Trinajstić information content (AvgIpc) is 2.93. The van der Waals surface area contributed by atoms with Crippen LogP contribution in [0.25, 0.3) is 0 Å². The Balaban J connectivity index is 1.72. The molecule has 104 valence electrons. The van der Waals surface area contributed by atoms with Gasteiger partial charge in [-0.2, -0.15) is 0 Å². The lowest BCUT2D eigenvalue weighted by Crippen LogP contribution is -2.32. The Kier molecular flexibility index (Phi) is 3.37. The van der Waals surface area contributed by atoms with Crippen LogP contribution in [0.4, 0.5) is 0 Å². The number of benzene rings is 1. The van der Waals surface area contributed by atoms with Crippen molar-refractivity contribution >= 4 is 10.0 Å². The van der Waals surface area contributed by atoms with Crippen molar-refractivity contribution in [3.8, 4) is 0 Å². The summed E-state index contributed by atoms with van der Waals surface area (Å²) in [5, 5.41) is 9.85. The van der Waals surface area contributed by atoms with E-state index in [-0.39, 0.29) is 17.8 Å². The molecular weight excluding hydrogens is 262 g/mol. The molecule has 0 bridgehead atoms. The van der Waals surface area contributed by atoms with E-state index in [1.807, 2.05) is 30.3 Å². The predicted octanol–water partition coefficient (Wildman–Crippen LogP) is 1.22. The maximum Gasteiger partial charge on any atom is 0.218 e. The number of aliphatic hydroxyl groups is 1. The Morgan fingerprint density at radius 3 is 2.58 bits per heavy atom. The highest BCUT2D eigenvalue weighted by Gasteiger charge is 2.45. The Labute approximate surface area is 114 Å². The van der Waals surface area contributed by atoms with E-state index in [4.69, 9.17) is 0 Å². The van der Waals surface area contributed by atoms with Crippen molar-refractivity contribution in [2.75, 3.05) is 13.1 Å². The summed E-state index contributed by atoms with van der Waals surface area (Å²) in [7, 11) is -3.26. The van der Waals surface area contributed by atoms with Crippen molar-refractivity contribution in [3.05, 3.63) is 35.9 Å². The van der Waals surface area contributed by atoms with Gasteiger partial charge in [0, 0.05) is 19.0 Å². The summed E-state index contributed by atoms with van der Waals surface area (Å²) >= 11 is 0. The van der Waals surface area contributed by atoms with Crippen molar-refractivity contribution in [2.45, 2.75) is 24.7 Å². The molecule has 0 amide bonds. The first-order valence-corrected chi connectivity index (χ1v) is 8.37. The Bertz CT molecular complexity index is 543. The van der Waals surface area contributed by atoms with E-state index in [0.717, 1.165) is 18.4 Å². The molecule has 1 saturated heterocycles. The van der Waals surface area contributed by atoms with Crippen LogP contribution in [-0.2, 0) is 15.8 Å². The lowest BCUT2D eigenvalue weighted by atomic mass is 10.00. The standard InChI is InChI=1S/C14H19NO3S/c16-14-7-6-12-8-15(9-13(12)14)19(17,18)10-11-4-2-1-3-5-11/h1-5,12-14,16H,6-10H2. The lowest BCUT2D eigenvalue weighted by Gasteiger charge is -2.18. The fourth-order valence-electron chi connectivity index (χ4n) is 3.30. The summed E-state index contributed by atoms with van der Waals surface area (Å²) in [4.78, 5) is 0. The third-order valence-electron chi connectivity index (χ3n) is 4.37. The van der Waals surface area contributed by atoms with Gasteiger partial charge in [-0.25, -0.2) is 12.7 Å². The van der Waals surface area contributed by atoms with E-state index in [0.29, 0.717) is 19.0 Å². The number of rotatable bonds is 3. The highest BCUT2D eigenvalue weighted by atomic mass is 32.2. The summed E-state index contributed by atoms with van der Waals surface area (Å²) in [6, 6.07) is 9.26. The monoisotopic (exact) mass is 281 g/mol. The van der Waals surface area contributed by atoms with Gasteiger partial charge in [0.05, 0.1) is 11.9 Å². The first kappa shape index (κ1) is 13.1. The van der Waals surface area contributed by atoms with Gasteiger partial charge in [0.15, 0.2) is 0 Å². The molecule has 1 saturated carbocycles. The van der Waals surface area contributed by atoms with E-state index >= 15 is 0 Å². The van der Waals surface area contributed by atoms with Crippen LogP contribution in [0.1, 0.15) is 18.4 Å². The minimum absolute atomic E-state index is 0.0589. The van der Waals surface area contributed by atoms with Crippen molar-refractivity contribution < 1.29 is 13.5 Å². The molecule has 2 aliphatic rings. The maximum absolute atomic E-state index is 12.4. The zero-order valence-corrected chi connectivity index (χ0v) is 11.6. The van der Waals surface area contributed by atoms with Crippen LogP contribution in [0, 0.1) is 11.8 Å². The smallest absolute Gasteiger partial charge is 0.218 e. The molecule has 1 N–H and O–H groups in total. The molecule has 19 heavy (non-hydrogen) atoms. The molecule has 0 radical (unpaired) electrons. The van der Waals surface area contributed by atoms with Crippen LogP contribution < -0.4 is 0 Å². The molecule has 3 atom stereocenters. The second-order valence-electron chi connectivity index (χ2n) is 5.63. The molecule has 0 aromatic heterocycles. The molecule has 1 heterocycles. The summed E-state index contributed by atoms with van der Waals surface area (Å²) in [5.41, 5.74) is 0.820. The van der Waals surface area contributed by atoms with Gasteiger partial charge >= 0.3 is 0 Å². The van der Waals surface area contributed by atoms with Crippen molar-refractivity contribution in [2.24, 2.45) is 11.8 Å². The summed E-state index contributed by atoms with van der Waals surface area (Å²) < 4.78 is 26.3. The van der Waals surface area contributed by atoms with E-state index < -0.39 is 10.0 Å². The Morgan fingerprint density at radius 1 is 1.16 bits per heavy atom. The number of hydrogen-bond acceptors (Lipinski definition) is 3. The predicted molar refractivity (Wildman–Crippen MR) is 72.9 cm³/mol. The van der Waals surface area contributed by atoms with Crippen molar-refractivity contribution in [3.63, 3.8) is 0 Å². The maximum atomic E-state index is 12.4. The highest BCUT2D eigenvalue weighted by molar-refractivity contribution is 7.88. The fourth-order valence-corrected chi connectivity index (χ4v) is 4.91. The highest BCUT2D eigenvalue weighted by Crippen LogP contribution is 2.39. The number of sulfonamides is 1. The first-order valence-electron chi connectivity index (χ1n) is 6.76. The number of fused-ring (bicyclic) bond motifs is 1. The average molecular weight is 281 g/mol. The fraction of sp³-hybridized carbons (Fsp3) is 0.571. The van der Waals surface area contributed by atoms with E-state index in [1.54, 1.807) is 4.31 Å². The second-order valence-corrected chi connectivity index (χ2v) is 7.60. The molecule has 2 fully saturated rings. The molecular formula is C14H19NO3S. The molecule has 4 nitrogen and oxygen atoms in total. The second kappa shape index (κ2) is 4.89. The van der Waals surface area contributed by atoms with Crippen LogP contribution in [0.15, 0.2) is 30.3 Å². The van der Waals surface area contributed by atoms with Gasteiger partial charge in [-0.05, 0) is 24.3 Å². The number of aliphatic hydroxyl groups excluding tert-OH is 1. The molecule has 1 aromatic carbocycles. The minimum Gasteiger partial charge on any atom is -0.393 e. The molecule has 1 aliphatic heterocycles. The van der Waals surface area contributed by atoms with Crippen LogP contribution in [0.3, 0.4) is 0 Å². The largest absolute Gasteiger partial charge is 0.393 e. The van der Waals surface area contributed by atoms with Crippen molar-refractivity contribution in [1.29, 1.82) is 0 Å². The third kappa shape index (κ3) is 2.55. The van der Waals surface area contributed by atoms with Gasteiger partial charge in [0.1, 0.15) is 0 Å². The van der Waals surface area contributed by atoms with Gasteiger partial charge in [-0.1, -0.05) is 30.3 Å². The third-order valence-corrected chi connectivity index (χ3v) is 6.15. The van der Waals surface area contributed by atoms with E-state index in [2.05, 4.69) is 0 Å². The van der Waals surface area contributed by atoms with Crippen LogP contribution in [0.2, 0.25) is 0 Å². The van der Waals surface area contributed by atoms with Gasteiger partial charge < -0.3 is 5.11 Å². The van der Waals surface area contributed by atoms with Crippen LogP contribution in [0.5, 0.6) is 0 Å². The van der Waals surface area contributed by atoms with Gasteiger partial charge in [-0.15, -0.1) is 0 Å². The van der Waals surface area contributed by atoms with Gasteiger partial charge in [0.25, 0.3) is 0 Å². The van der Waals surface area contributed by atoms with Crippen LogP contribution >= 0.6 is 0 Å². The first-order chi connectivity index (χ1) is 9.06. The van der Waals surface area contributed by atoms with E-state index in [1.165, 1.54) is 0 Å². The number of hydrogen-bond donors (Lipinski definition) is 1. The molecule has 1 aromatic rings. The Hall–Kier alpha value is -0.910. The molecule has 3 unspecified atom stereocenters. The lowest BCUT2D eigenvalue weighted by molar-refractivity contribution is 0.129. The Morgan fingerprint density at radius 2 is 1.89 bits per heavy atom. The van der Waals surface area contributed by atoms with E-state index in [9.17, 15) is 13.5 Å². The molecule has 0 spiro atoms.